The van der Waals surface area contributed by atoms with E-state index in [9.17, 15) is 14.4 Å². The van der Waals surface area contributed by atoms with Crippen molar-refractivity contribution >= 4 is 35.1 Å². The number of rotatable bonds is 9. The lowest BCUT2D eigenvalue weighted by Gasteiger charge is -2.31. The molecule has 12 heteroatoms. The average molecular weight is 535 g/mol. The molecule has 0 saturated carbocycles. The van der Waals surface area contributed by atoms with Gasteiger partial charge >= 0.3 is 17.9 Å². The molecule has 0 radical (unpaired) electrons. The maximum absolute atomic E-state index is 10.3. The summed E-state index contributed by atoms with van der Waals surface area (Å²) < 4.78 is 0. The maximum Gasteiger partial charge on any atom is 0.336 e. The number of carbonyl (C=O) groups is 3. The molecule has 37 heavy (non-hydrogen) atoms. The number of fused-ring (bicyclic) bond motifs is 1. The molecule has 4 N–H and O–H groups in total. The number of hydrogen-bond donors (Lipinski definition) is 4. The van der Waals surface area contributed by atoms with Crippen molar-refractivity contribution in [1.29, 1.82) is 0 Å². The second kappa shape index (κ2) is 12.4. The van der Waals surface area contributed by atoms with Gasteiger partial charge in [-0.2, -0.15) is 11.3 Å². The van der Waals surface area contributed by atoms with Gasteiger partial charge in [-0.1, -0.05) is 13.8 Å². The van der Waals surface area contributed by atoms with Crippen LogP contribution in [0.3, 0.4) is 0 Å². The van der Waals surface area contributed by atoms with Crippen molar-refractivity contribution in [1.82, 2.24) is 14.9 Å². The topological polar surface area (TPSA) is 164 Å². The van der Waals surface area contributed by atoms with E-state index in [1.165, 1.54) is 35.5 Å². The molecule has 0 unspecified atom stereocenters. The summed E-state index contributed by atoms with van der Waals surface area (Å²) in [7, 11) is 0. The van der Waals surface area contributed by atoms with E-state index < -0.39 is 36.4 Å². The number of carboxylic acids is 3. The first-order chi connectivity index (χ1) is 17.5. The van der Waals surface area contributed by atoms with Gasteiger partial charge in [0.05, 0.1) is 18.5 Å². The molecule has 0 aromatic carbocycles. The second-order valence-electron chi connectivity index (χ2n) is 9.75. The molecule has 0 amide bonds. The Labute approximate surface area is 219 Å². The van der Waals surface area contributed by atoms with Crippen LogP contribution in [-0.2, 0) is 33.9 Å². The van der Waals surface area contributed by atoms with Crippen LogP contribution in [0.4, 0.5) is 5.82 Å². The molecule has 11 nitrogen and oxygen atoms in total. The minimum Gasteiger partial charge on any atom is -0.481 e. The fraction of sp³-hybridized carbons (Fsp3) is 0.560. The number of thiophene rings is 1. The first-order valence-electron chi connectivity index (χ1n) is 12.3. The molecule has 202 valence electrons. The molecule has 4 heterocycles. The zero-order chi connectivity index (χ0) is 27.2. The third-order valence-electron chi connectivity index (χ3n) is 6.33. The SMILES string of the molecule is CC(C)c1nc2c(c(N3CCCC3)n1)CCN(Cc1ccsc1)C2.O=C(O)CC(O)(CC(=O)O)C(=O)O. The van der Waals surface area contributed by atoms with Crippen LogP contribution in [0.5, 0.6) is 0 Å². The molecule has 0 atom stereocenters. The molecule has 2 aromatic heterocycles. The third kappa shape index (κ3) is 7.70. The van der Waals surface area contributed by atoms with Gasteiger partial charge in [0, 0.05) is 44.2 Å². The largest absolute Gasteiger partial charge is 0.481 e. The Morgan fingerprint density at radius 1 is 1.05 bits per heavy atom. The van der Waals surface area contributed by atoms with Gasteiger partial charge in [-0.05, 0) is 41.7 Å². The predicted molar refractivity (Wildman–Crippen MR) is 137 cm³/mol. The van der Waals surface area contributed by atoms with Gasteiger partial charge in [0.2, 0.25) is 0 Å². The summed E-state index contributed by atoms with van der Waals surface area (Å²) in [6.45, 7) is 9.79. The monoisotopic (exact) mass is 534 g/mol. The fourth-order valence-electron chi connectivity index (χ4n) is 4.42. The molecule has 0 bridgehead atoms. The molecule has 0 spiro atoms. The van der Waals surface area contributed by atoms with Crippen molar-refractivity contribution in [3.63, 3.8) is 0 Å². The quantitative estimate of drug-likeness (QED) is 0.374. The van der Waals surface area contributed by atoms with Crippen LogP contribution >= 0.6 is 11.3 Å². The van der Waals surface area contributed by atoms with Gasteiger partial charge in [0.25, 0.3) is 0 Å². The lowest BCUT2D eigenvalue weighted by atomic mass is 9.96. The molecule has 4 rings (SSSR count). The Bertz CT molecular complexity index is 1080. The Morgan fingerprint density at radius 3 is 2.22 bits per heavy atom. The van der Waals surface area contributed by atoms with E-state index in [0.717, 1.165) is 45.0 Å². The molecule has 0 aliphatic carbocycles. The predicted octanol–water partition coefficient (Wildman–Crippen LogP) is 2.57. The second-order valence-corrected chi connectivity index (χ2v) is 10.5. The Morgan fingerprint density at radius 2 is 1.70 bits per heavy atom. The van der Waals surface area contributed by atoms with Crippen molar-refractivity contribution in [3.8, 4) is 0 Å². The van der Waals surface area contributed by atoms with Crippen molar-refractivity contribution in [3.05, 3.63) is 39.5 Å². The number of aliphatic carboxylic acids is 3. The van der Waals surface area contributed by atoms with Crippen molar-refractivity contribution < 1.29 is 34.8 Å². The van der Waals surface area contributed by atoms with E-state index in [1.807, 2.05) is 0 Å². The number of carboxylic acid groups (broad SMARTS) is 3. The van der Waals surface area contributed by atoms with Crippen LogP contribution < -0.4 is 4.90 Å². The first kappa shape index (κ1) is 28.5. The Balaban J connectivity index is 0.000000251. The van der Waals surface area contributed by atoms with Crippen LogP contribution in [0.2, 0.25) is 0 Å². The standard InChI is InChI=1S/C19H26N4S.C6H8O7/c1-14(2)18-20-17-12-22(11-15-6-10-24-13-15)9-5-16(17)19(21-18)23-7-3-4-8-23;7-3(8)1-6(13,5(11)12)2-4(9)10/h6,10,13-14H,3-5,7-9,11-12H2,1-2H3;13H,1-2H2,(H,7,8)(H,9,10)(H,11,12). The number of nitrogens with zero attached hydrogens (tertiary/aromatic N) is 4. The zero-order valence-electron chi connectivity index (χ0n) is 21.1. The summed E-state index contributed by atoms with van der Waals surface area (Å²) >= 11 is 1.78. The molecule has 2 aromatic rings. The van der Waals surface area contributed by atoms with Gasteiger partial charge in [0.1, 0.15) is 11.6 Å². The first-order valence-corrected chi connectivity index (χ1v) is 13.2. The van der Waals surface area contributed by atoms with Crippen molar-refractivity contribution in [2.75, 3.05) is 24.5 Å². The molecular formula is C25H34N4O7S. The minimum atomic E-state index is -2.74. The van der Waals surface area contributed by atoms with Gasteiger partial charge < -0.3 is 25.3 Å². The summed E-state index contributed by atoms with van der Waals surface area (Å²) in [5.41, 5.74) is 1.35. The summed E-state index contributed by atoms with van der Waals surface area (Å²) in [4.78, 5) is 45.4. The van der Waals surface area contributed by atoms with Gasteiger partial charge in [0.15, 0.2) is 5.60 Å². The van der Waals surface area contributed by atoms with Crippen LogP contribution in [0.15, 0.2) is 16.8 Å². The van der Waals surface area contributed by atoms with E-state index in [1.54, 1.807) is 11.3 Å². The Kier molecular flexibility index (Phi) is 9.57. The lowest BCUT2D eigenvalue weighted by molar-refractivity contribution is -0.170. The molecular weight excluding hydrogens is 500 g/mol. The molecule has 2 aliphatic heterocycles. The van der Waals surface area contributed by atoms with Crippen LogP contribution in [0.25, 0.3) is 0 Å². The minimum absolute atomic E-state index is 0.379. The van der Waals surface area contributed by atoms with Crippen LogP contribution in [-0.4, -0.2) is 78.4 Å². The van der Waals surface area contributed by atoms with Crippen LogP contribution in [0, 0.1) is 0 Å². The average Bonchev–Trinajstić information content (AvgIpc) is 3.52. The summed E-state index contributed by atoms with van der Waals surface area (Å²) in [6.07, 6.45) is 1.37. The zero-order valence-corrected chi connectivity index (χ0v) is 21.9. The van der Waals surface area contributed by atoms with E-state index in [0.29, 0.717) is 5.92 Å². The Hall–Kier alpha value is -3.09. The molecule has 1 saturated heterocycles. The highest BCUT2D eigenvalue weighted by Crippen LogP contribution is 2.31. The highest BCUT2D eigenvalue weighted by Gasteiger charge is 2.40. The molecule has 2 aliphatic rings. The lowest BCUT2D eigenvalue weighted by Crippen LogP contribution is -2.42. The van der Waals surface area contributed by atoms with E-state index in [-0.39, 0.29) is 0 Å². The summed E-state index contributed by atoms with van der Waals surface area (Å²) in [6, 6.07) is 2.23. The number of hydrogen-bond acceptors (Lipinski definition) is 9. The fourth-order valence-corrected chi connectivity index (χ4v) is 5.08. The highest BCUT2D eigenvalue weighted by molar-refractivity contribution is 7.07. The van der Waals surface area contributed by atoms with Gasteiger partial charge in [-0.3, -0.25) is 14.5 Å². The van der Waals surface area contributed by atoms with Crippen LogP contribution in [0.1, 0.15) is 68.1 Å². The van der Waals surface area contributed by atoms with Crippen molar-refractivity contribution in [2.45, 2.75) is 70.6 Å². The normalized spacial score (nSPS) is 15.7. The van der Waals surface area contributed by atoms with Gasteiger partial charge in [-0.15, -0.1) is 0 Å². The van der Waals surface area contributed by atoms with Gasteiger partial charge in [-0.25, -0.2) is 14.8 Å². The molecule has 1 fully saturated rings. The summed E-state index contributed by atoms with van der Waals surface area (Å²) in [5.74, 6) is -2.40. The number of aliphatic hydroxyl groups is 1. The highest BCUT2D eigenvalue weighted by atomic mass is 32.1. The third-order valence-corrected chi connectivity index (χ3v) is 7.07. The smallest absolute Gasteiger partial charge is 0.336 e. The van der Waals surface area contributed by atoms with E-state index in [4.69, 9.17) is 30.4 Å². The number of aromatic nitrogens is 2. The van der Waals surface area contributed by atoms with E-state index in [2.05, 4.69) is 40.5 Å². The van der Waals surface area contributed by atoms with E-state index >= 15 is 0 Å². The summed E-state index contributed by atoms with van der Waals surface area (Å²) in [5, 5.41) is 38.2. The maximum atomic E-state index is 10.3. The number of anilines is 1. The van der Waals surface area contributed by atoms with Crippen molar-refractivity contribution in [2.24, 2.45) is 0 Å².